The Labute approximate surface area is 254 Å². The average Bonchev–Trinajstić information content (AvgIpc) is 3.11. The molecule has 0 aliphatic heterocycles. The molecular weight excluding hydrogens is 532 g/mol. The molecule has 0 spiro atoms. The average molecular weight is 559 g/mol. The number of fused-ring (bicyclic) bond motifs is 7. The lowest BCUT2D eigenvalue weighted by Crippen LogP contribution is -1.92. The minimum atomic E-state index is 0.923. The molecule has 9 rings (SSSR count). The summed E-state index contributed by atoms with van der Waals surface area (Å²) in [5.74, 6) is 0. The smallest absolute Gasteiger partial charge is 0.0972 e. The molecule has 2 nitrogen and oxygen atoms in total. The Kier molecular flexibility index (Phi) is 5.54. The van der Waals surface area contributed by atoms with Crippen LogP contribution in [0.1, 0.15) is 0 Å². The van der Waals surface area contributed by atoms with Gasteiger partial charge in [0.1, 0.15) is 0 Å². The first-order valence-electron chi connectivity index (χ1n) is 15.0. The van der Waals surface area contributed by atoms with Crippen LogP contribution in [0.25, 0.3) is 87.8 Å². The molecule has 44 heavy (non-hydrogen) atoms. The van der Waals surface area contributed by atoms with E-state index in [9.17, 15) is 0 Å². The minimum absolute atomic E-state index is 0.923. The predicted molar refractivity (Wildman–Crippen MR) is 186 cm³/mol. The Bertz CT molecular complexity index is 2550. The first-order valence-corrected chi connectivity index (χ1v) is 15.0. The van der Waals surface area contributed by atoms with Gasteiger partial charge < -0.3 is 0 Å². The van der Waals surface area contributed by atoms with E-state index in [1.165, 1.54) is 43.4 Å². The third-order valence-electron chi connectivity index (χ3n) is 8.85. The van der Waals surface area contributed by atoms with Gasteiger partial charge in [0.25, 0.3) is 0 Å². The van der Waals surface area contributed by atoms with Gasteiger partial charge in [-0.3, -0.25) is 0 Å². The number of benzene rings is 7. The van der Waals surface area contributed by atoms with Crippen molar-refractivity contribution in [3.05, 3.63) is 158 Å². The maximum Gasteiger partial charge on any atom is 0.0972 e. The van der Waals surface area contributed by atoms with E-state index in [0.717, 1.165) is 44.3 Å². The molecule has 0 atom stereocenters. The Morgan fingerprint density at radius 2 is 0.795 bits per heavy atom. The van der Waals surface area contributed by atoms with Gasteiger partial charge in [-0.15, -0.1) is 0 Å². The SMILES string of the molecule is c1ccc(-c2ccc3ccc4ccc(-c5ccc(-c6cc7ccccc7c7ccccc67)c6ccccc56)nc4c3n2)cc1. The molecule has 2 heteroatoms. The van der Waals surface area contributed by atoms with E-state index in [4.69, 9.17) is 9.97 Å². The molecule has 0 bridgehead atoms. The molecule has 0 saturated carbocycles. The highest BCUT2D eigenvalue weighted by Gasteiger charge is 2.15. The molecule has 0 aliphatic carbocycles. The van der Waals surface area contributed by atoms with Crippen LogP contribution in [0.4, 0.5) is 0 Å². The minimum Gasteiger partial charge on any atom is -0.245 e. The number of hydrogen-bond acceptors (Lipinski definition) is 2. The zero-order chi connectivity index (χ0) is 29.0. The van der Waals surface area contributed by atoms with Crippen LogP contribution in [0.5, 0.6) is 0 Å². The van der Waals surface area contributed by atoms with Crippen molar-refractivity contribution in [1.82, 2.24) is 9.97 Å². The van der Waals surface area contributed by atoms with Gasteiger partial charge in [0, 0.05) is 21.9 Å². The lowest BCUT2D eigenvalue weighted by atomic mass is 9.89. The van der Waals surface area contributed by atoms with Crippen molar-refractivity contribution in [3.63, 3.8) is 0 Å². The summed E-state index contributed by atoms with van der Waals surface area (Å²) in [6.07, 6.45) is 0. The largest absolute Gasteiger partial charge is 0.245 e. The molecule has 2 aromatic heterocycles. The molecule has 204 valence electrons. The molecule has 0 N–H and O–H groups in total. The molecule has 7 aromatic carbocycles. The van der Waals surface area contributed by atoms with E-state index in [0.29, 0.717) is 0 Å². The van der Waals surface area contributed by atoms with Gasteiger partial charge in [-0.2, -0.15) is 0 Å². The first-order chi connectivity index (χ1) is 21.8. The van der Waals surface area contributed by atoms with E-state index in [2.05, 4.69) is 152 Å². The van der Waals surface area contributed by atoms with E-state index in [1.54, 1.807) is 0 Å². The molecule has 9 aromatic rings. The molecule has 0 amide bonds. The van der Waals surface area contributed by atoms with E-state index >= 15 is 0 Å². The van der Waals surface area contributed by atoms with Crippen molar-refractivity contribution < 1.29 is 0 Å². The number of pyridine rings is 2. The molecule has 0 radical (unpaired) electrons. The summed E-state index contributed by atoms with van der Waals surface area (Å²) in [7, 11) is 0. The van der Waals surface area contributed by atoms with Crippen molar-refractivity contribution in [3.8, 4) is 33.6 Å². The van der Waals surface area contributed by atoms with Gasteiger partial charge in [-0.1, -0.05) is 140 Å². The number of nitrogens with zero attached hydrogens (tertiary/aromatic N) is 2. The Balaban J connectivity index is 1.26. The summed E-state index contributed by atoms with van der Waals surface area (Å²) in [5, 5.41) is 9.65. The highest BCUT2D eigenvalue weighted by Crippen LogP contribution is 2.41. The van der Waals surface area contributed by atoms with Crippen LogP contribution in [-0.4, -0.2) is 9.97 Å². The zero-order valence-electron chi connectivity index (χ0n) is 23.9. The highest BCUT2D eigenvalue weighted by atomic mass is 14.8. The molecule has 0 aliphatic rings. The first kappa shape index (κ1) is 24.7. The van der Waals surface area contributed by atoms with Crippen LogP contribution in [0.2, 0.25) is 0 Å². The standard InChI is InChI=1S/C42H26N2/c1-2-10-27(11-3-1)39-24-20-28-18-19-29-21-25-40(44-42(29)41(28)43-39)37-23-22-36(33-15-7-8-16-34(33)37)38-26-30-12-4-5-13-31(30)32-14-6-9-17-35(32)38/h1-26H. The highest BCUT2D eigenvalue weighted by molar-refractivity contribution is 6.17. The lowest BCUT2D eigenvalue weighted by molar-refractivity contribution is 1.37. The zero-order valence-corrected chi connectivity index (χ0v) is 23.9. The monoisotopic (exact) mass is 558 g/mol. The number of hydrogen-bond donors (Lipinski definition) is 0. The van der Waals surface area contributed by atoms with Gasteiger partial charge in [0.15, 0.2) is 0 Å². The van der Waals surface area contributed by atoms with Crippen LogP contribution >= 0.6 is 0 Å². The Hall–Kier alpha value is -5.86. The maximum absolute atomic E-state index is 5.29. The topological polar surface area (TPSA) is 25.8 Å². The van der Waals surface area contributed by atoms with Crippen LogP contribution < -0.4 is 0 Å². The molecule has 2 heterocycles. The lowest BCUT2D eigenvalue weighted by Gasteiger charge is -2.15. The summed E-state index contributed by atoms with van der Waals surface area (Å²) in [4.78, 5) is 10.4. The van der Waals surface area contributed by atoms with Gasteiger partial charge >= 0.3 is 0 Å². The predicted octanol–water partition coefficient (Wildman–Crippen LogP) is 11.2. The third-order valence-corrected chi connectivity index (χ3v) is 8.85. The maximum atomic E-state index is 5.29. The van der Waals surface area contributed by atoms with E-state index in [1.807, 2.05) is 6.07 Å². The van der Waals surface area contributed by atoms with Crippen molar-refractivity contribution >= 4 is 54.1 Å². The van der Waals surface area contributed by atoms with Gasteiger partial charge in [-0.05, 0) is 61.6 Å². The van der Waals surface area contributed by atoms with Gasteiger partial charge in [0.05, 0.1) is 22.4 Å². The molecular formula is C42H26N2. The second-order valence-electron chi connectivity index (χ2n) is 11.4. The quantitative estimate of drug-likeness (QED) is 0.202. The van der Waals surface area contributed by atoms with Gasteiger partial charge in [0.2, 0.25) is 0 Å². The second-order valence-corrected chi connectivity index (χ2v) is 11.4. The van der Waals surface area contributed by atoms with Crippen molar-refractivity contribution in [1.29, 1.82) is 0 Å². The number of rotatable bonds is 3. The summed E-state index contributed by atoms with van der Waals surface area (Å²) in [6, 6.07) is 56.2. The fourth-order valence-corrected chi connectivity index (χ4v) is 6.72. The van der Waals surface area contributed by atoms with E-state index < -0.39 is 0 Å². The fraction of sp³-hybridized carbons (Fsp3) is 0. The van der Waals surface area contributed by atoms with Crippen LogP contribution in [0.15, 0.2) is 158 Å². The second kappa shape index (κ2) is 9.86. The van der Waals surface area contributed by atoms with Crippen LogP contribution in [0.3, 0.4) is 0 Å². The third kappa shape index (κ3) is 3.89. The van der Waals surface area contributed by atoms with Crippen LogP contribution in [-0.2, 0) is 0 Å². The summed E-state index contributed by atoms with van der Waals surface area (Å²) < 4.78 is 0. The fourth-order valence-electron chi connectivity index (χ4n) is 6.72. The van der Waals surface area contributed by atoms with Gasteiger partial charge in [-0.25, -0.2) is 9.97 Å². The Morgan fingerprint density at radius 3 is 1.52 bits per heavy atom. The molecule has 0 saturated heterocycles. The summed E-state index contributed by atoms with van der Waals surface area (Å²) in [5.41, 5.74) is 8.45. The van der Waals surface area contributed by atoms with Crippen molar-refractivity contribution in [2.75, 3.05) is 0 Å². The molecule has 0 unspecified atom stereocenters. The summed E-state index contributed by atoms with van der Waals surface area (Å²) in [6.45, 7) is 0. The van der Waals surface area contributed by atoms with Crippen molar-refractivity contribution in [2.24, 2.45) is 0 Å². The van der Waals surface area contributed by atoms with Crippen LogP contribution in [0, 0.1) is 0 Å². The number of aromatic nitrogens is 2. The molecule has 0 fully saturated rings. The Morgan fingerprint density at radius 1 is 0.295 bits per heavy atom. The van der Waals surface area contributed by atoms with E-state index in [-0.39, 0.29) is 0 Å². The van der Waals surface area contributed by atoms with Crippen molar-refractivity contribution in [2.45, 2.75) is 0 Å². The normalized spacial score (nSPS) is 11.6. The summed E-state index contributed by atoms with van der Waals surface area (Å²) >= 11 is 0.